The van der Waals surface area contributed by atoms with Crippen molar-refractivity contribution in [1.82, 2.24) is 0 Å². The number of carbonyl (C=O) groups is 2. The molecule has 1 aliphatic carbocycles. The van der Waals surface area contributed by atoms with Gasteiger partial charge in [0.25, 0.3) is 0 Å². The van der Waals surface area contributed by atoms with Gasteiger partial charge in [0, 0.05) is 23.1 Å². The van der Waals surface area contributed by atoms with Gasteiger partial charge in [-0.15, -0.1) is 0 Å². The number of hydrogen-bond donors (Lipinski definition) is 1. The topological polar surface area (TPSA) is 67.5 Å². The van der Waals surface area contributed by atoms with Gasteiger partial charge in [0.15, 0.2) is 5.78 Å². The average Bonchev–Trinajstić information content (AvgIpc) is 3.21. The molecule has 3 aromatic rings. The molecule has 4 nitrogen and oxygen atoms in total. The van der Waals surface area contributed by atoms with Gasteiger partial charge in [-0.3, -0.25) is 4.79 Å². The number of fused-ring (bicyclic) bond motifs is 1. The van der Waals surface area contributed by atoms with Gasteiger partial charge in [-0.2, -0.15) is 0 Å². The highest BCUT2D eigenvalue weighted by molar-refractivity contribution is 6.15. The van der Waals surface area contributed by atoms with Crippen molar-refractivity contribution >= 4 is 17.8 Å². The minimum Gasteiger partial charge on any atom is -0.478 e. The quantitative estimate of drug-likeness (QED) is 0.720. The van der Waals surface area contributed by atoms with Crippen molar-refractivity contribution in [1.29, 1.82) is 0 Å². The van der Waals surface area contributed by atoms with Crippen molar-refractivity contribution in [2.75, 3.05) is 0 Å². The zero-order valence-corrected chi connectivity index (χ0v) is 13.2. The van der Waals surface area contributed by atoms with Gasteiger partial charge in [0.1, 0.15) is 11.5 Å². The molecule has 0 amide bonds. The van der Waals surface area contributed by atoms with Crippen LogP contribution in [0.5, 0.6) is 0 Å². The van der Waals surface area contributed by atoms with Crippen molar-refractivity contribution < 1.29 is 19.1 Å². The van der Waals surface area contributed by atoms with Crippen LogP contribution in [0, 0.1) is 0 Å². The van der Waals surface area contributed by atoms with Gasteiger partial charge in [-0.05, 0) is 35.9 Å². The second-order valence-corrected chi connectivity index (χ2v) is 5.92. The van der Waals surface area contributed by atoms with E-state index in [4.69, 9.17) is 9.52 Å². The van der Waals surface area contributed by atoms with E-state index in [0.29, 0.717) is 29.1 Å². The third-order valence-corrected chi connectivity index (χ3v) is 4.27. The van der Waals surface area contributed by atoms with E-state index in [2.05, 4.69) is 0 Å². The molecule has 1 aliphatic rings. The first-order chi connectivity index (χ1) is 12.1. The smallest absolute Gasteiger partial charge is 0.335 e. The normalized spacial score (nSPS) is 14.7. The summed E-state index contributed by atoms with van der Waals surface area (Å²) < 4.78 is 5.79. The monoisotopic (exact) mass is 330 g/mol. The zero-order valence-electron chi connectivity index (χ0n) is 13.2. The summed E-state index contributed by atoms with van der Waals surface area (Å²) >= 11 is 0. The van der Waals surface area contributed by atoms with Crippen molar-refractivity contribution in [2.45, 2.75) is 6.42 Å². The number of rotatable bonds is 3. The number of aromatic carboxylic acids is 1. The molecule has 0 fully saturated rings. The van der Waals surface area contributed by atoms with Crippen LogP contribution in [0.2, 0.25) is 0 Å². The fourth-order valence-corrected chi connectivity index (χ4v) is 3.03. The summed E-state index contributed by atoms with van der Waals surface area (Å²) in [6.07, 6.45) is 2.35. The first-order valence-electron chi connectivity index (χ1n) is 7.88. The van der Waals surface area contributed by atoms with Crippen LogP contribution in [0.25, 0.3) is 17.4 Å². The fourth-order valence-electron chi connectivity index (χ4n) is 3.03. The van der Waals surface area contributed by atoms with Crippen LogP contribution in [0.3, 0.4) is 0 Å². The number of carboxylic acid groups (broad SMARTS) is 1. The Morgan fingerprint density at radius 1 is 1.04 bits per heavy atom. The predicted molar refractivity (Wildman–Crippen MR) is 93.6 cm³/mol. The van der Waals surface area contributed by atoms with E-state index in [1.165, 1.54) is 6.07 Å². The number of furan rings is 1. The average molecular weight is 330 g/mol. The molecule has 0 saturated carbocycles. The van der Waals surface area contributed by atoms with Crippen molar-refractivity contribution in [3.63, 3.8) is 0 Å². The Hall–Kier alpha value is -3.40. The maximum absolute atomic E-state index is 12.4. The SMILES string of the molecule is O=C(O)c1cccc(-c2ccc(C=C3Cc4ccccc4C3=O)o2)c1. The van der Waals surface area contributed by atoms with E-state index >= 15 is 0 Å². The molecule has 25 heavy (non-hydrogen) atoms. The molecule has 0 bridgehead atoms. The first kappa shape index (κ1) is 15.1. The van der Waals surface area contributed by atoms with Crippen molar-refractivity contribution in [2.24, 2.45) is 0 Å². The molecule has 1 N–H and O–H groups in total. The second kappa shape index (κ2) is 5.91. The van der Waals surface area contributed by atoms with E-state index < -0.39 is 5.97 Å². The number of hydrogen-bond acceptors (Lipinski definition) is 3. The Morgan fingerprint density at radius 3 is 2.68 bits per heavy atom. The summed E-state index contributed by atoms with van der Waals surface area (Å²) in [5.41, 5.74) is 3.36. The Kier molecular flexibility index (Phi) is 3.58. The van der Waals surface area contributed by atoms with Gasteiger partial charge < -0.3 is 9.52 Å². The highest BCUT2D eigenvalue weighted by atomic mass is 16.4. The lowest BCUT2D eigenvalue weighted by Crippen LogP contribution is -1.95. The molecule has 0 spiro atoms. The molecule has 122 valence electrons. The highest BCUT2D eigenvalue weighted by Gasteiger charge is 2.24. The third-order valence-electron chi connectivity index (χ3n) is 4.27. The predicted octanol–water partition coefficient (Wildman–Crippen LogP) is 4.47. The maximum Gasteiger partial charge on any atom is 0.335 e. The fraction of sp³-hybridized carbons (Fsp3) is 0.0476. The maximum atomic E-state index is 12.4. The molecule has 0 unspecified atom stereocenters. The third kappa shape index (κ3) is 2.78. The van der Waals surface area contributed by atoms with Crippen LogP contribution < -0.4 is 0 Å². The summed E-state index contributed by atoms with van der Waals surface area (Å²) in [6.45, 7) is 0. The van der Waals surface area contributed by atoms with Gasteiger partial charge >= 0.3 is 5.97 Å². The van der Waals surface area contributed by atoms with E-state index in [1.807, 2.05) is 24.3 Å². The second-order valence-electron chi connectivity index (χ2n) is 5.92. The summed E-state index contributed by atoms with van der Waals surface area (Å²) in [6, 6.07) is 17.7. The molecule has 0 radical (unpaired) electrons. The van der Waals surface area contributed by atoms with Crippen LogP contribution in [-0.4, -0.2) is 16.9 Å². The van der Waals surface area contributed by atoms with E-state index in [9.17, 15) is 9.59 Å². The number of Topliss-reactive ketones (excluding diaryl/α,β-unsaturated/α-hetero) is 1. The highest BCUT2D eigenvalue weighted by Crippen LogP contribution is 2.29. The number of benzene rings is 2. The lowest BCUT2D eigenvalue weighted by Gasteiger charge is -1.99. The van der Waals surface area contributed by atoms with Crippen LogP contribution in [0.1, 0.15) is 32.0 Å². The largest absolute Gasteiger partial charge is 0.478 e. The van der Waals surface area contributed by atoms with E-state index in [-0.39, 0.29) is 11.3 Å². The standard InChI is InChI=1S/C21H14O4/c22-20-16(10-13-4-1-2-7-18(13)20)12-17-8-9-19(25-17)14-5-3-6-15(11-14)21(23)24/h1-9,11-12H,10H2,(H,23,24). The van der Waals surface area contributed by atoms with Gasteiger partial charge in [0.2, 0.25) is 0 Å². The van der Waals surface area contributed by atoms with Gasteiger partial charge in [-0.25, -0.2) is 4.79 Å². The Labute approximate surface area is 144 Å². The molecule has 0 saturated heterocycles. The van der Waals surface area contributed by atoms with Crippen LogP contribution in [-0.2, 0) is 6.42 Å². The molecular weight excluding hydrogens is 316 g/mol. The molecule has 4 heteroatoms. The lowest BCUT2D eigenvalue weighted by atomic mass is 10.1. The van der Waals surface area contributed by atoms with Crippen LogP contribution in [0.15, 0.2) is 70.7 Å². The Morgan fingerprint density at radius 2 is 1.88 bits per heavy atom. The first-order valence-corrected chi connectivity index (χ1v) is 7.88. The lowest BCUT2D eigenvalue weighted by molar-refractivity contribution is 0.0696. The van der Waals surface area contributed by atoms with E-state index in [1.54, 1.807) is 36.4 Å². The molecule has 4 rings (SSSR count). The molecular formula is C21H14O4. The Balaban J connectivity index is 1.64. The number of carbonyl (C=O) groups excluding carboxylic acids is 1. The van der Waals surface area contributed by atoms with E-state index in [0.717, 1.165) is 11.1 Å². The molecule has 0 atom stereocenters. The molecule has 0 aliphatic heterocycles. The van der Waals surface area contributed by atoms with Crippen molar-refractivity contribution in [3.05, 3.63) is 88.7 Å². The van der Waals surface area contributed by atoms with Crippen molar-refractivity contribution in [3.8, 4) is 11.3 Å². The Bertz CT molecular complexity index is 1020. The van der Waals surface area contributed by atoms with Gasteiger partial charge in [0.05, 0.1) is 5.56 Å². The minimum atomic E-state index is -0.981. The number of allylic oxidation sites excluding steroid dienone is 1. The zero-order chi connectivity index (χ0) is 17.4. The van der Waals surface area contributed by atoms with Gasteiger partial charge in [-0.1, -0.05) is 36.4 Å². The summed E-state index contributed by atoms with van der Waals surface area (Å²) in [5, 5.41) is 9.09. The molecule has 1 heterocycles. The summed E-state index contributed by atoms with van der Waals surface area (Å²) in [5.74, 6) is 0.191. The minimum absolute atomic E-state index is 0.0291. The number of ketones is 1. The number of carboxylic acids is 1. The summed E-state index contributed by atoms with van der Waals surface area (Å²) in [4.78, 5) is 23.5. The summed E-state index contributed by atoms with van der Waals surface area (Å²) in [7, 11) is 0. The van der Waals surface area contributed by atoms with Crippen LogP contribution >= 0.6 is 0 Å². The molecule has 2 aromatic carbocycles. The van der Waals surface area contributed by atoms with Crippen LogP contribution in [0.4, 0.5) is 0 Å². The molecule has 1 aromatic heterocycles.